The highest BCUT2D eigenvalue weighted by molar-refractivity contribution is 6.08. The van der Waals surface area contributed by atoms with Crippen molar-refractivity contribution in [2.45, 2.75) is 33.2 Å². The van der Waals surface area contributed by atoms with E-state index in [4.69, 9.17) is 4.98 Å². The second-order valence-electron chi connectivity index (χ2n) is 6.60. The molecule has 0 aliphatic rings. The summed E-state index contributed by atoms with van der Waals surface area (Å²) in [6.45, 7) is 4.96. The Hall–Kier alpha value is -3.28. The van der Waals surface area contributed by atoms with Crippen LogP contribution < -0.4 is 5.32 Å². The van der Waals surface area contributed by atoms with E-state index < -0.39 is 0 Å². The lowest BCUT2D eigenvalue weighted by molar-refractivity contribution is 0.102. The van der Waals surface area contributed by atoms with Crippen molar-refractivity contribution in [2.24, 2.45) is 0 Å². The summed E-state index contributed by atoms with van der Waals surface area (Å²) >= 11 is 0. The Morgan fingerprint density at radius 1 is 1.19 bits per heavy atom. The van der Waals surface area contributed by atoms with E-state index in [9.17, 15) is 4.79 Å². The minimum absolute atomic E-state index is 0.276. The zero-order valence-electron chi connectivity index (χ0n) is 15.4. The lowest BCUT2D eigenvalue weighted by Crippen LogP contribution is -2.14. The molecule has 4 aromatic rings. The summed E-state index contributed by atoms with van der Waals surface area (Å²) in [4.78, 5) is 21.5. The van der Waals surface area contributed by atoms with Crippen molar-refractivity contribution in [1.29, 1.82) is 0 Å². The van der Waals surface area contributed by atoms with E-state index in [1.807, 2.05) is 22.9 Å². The number of para-hydroxylation sites is 1. The number of nitrogens with one attached hydrogen (secondary N) is 1. The molecule has 0 bridgehead atoms. The number of aryl methyl sites for hydroxylation is 2. The maximum absolute atomic E-state index is 12.6. The first-order chi connectivity index (χ1) is 13.2. The maximum atomic E-state index is 12.6. The Kier molecular flexibility index (Phi) is 4.54. The lowest BCUT2D eigenvalue weighted by atomic mass is 10.1. The summed E-state index contributed by atoms with van der Waals surface area (Å²) < 4.78 is 1.89. The Morgan fingerprint density at radius 3 is 2.85 bits per heavy atom. The zero-order chi connectivity index (χ0) is 18.8. The van der Waals surface area contributed by atoms with Crippen LogP contribution in [0.5, 0.6) is 0 Å². The van der Waals surface area contributed by atoms with E-state index in [0.717, 1.165) is 46.9 Å². The number of nitrogens with zero attached hydrogens (tertiary/aromatic N) is 4. The molecule has 1 amide bonds. The van der Waals surface area contributed by atoms with Crippen molar-refractivity contribution >= 4 is 33.7 Å². The standard InChI is InChI=1S/C21H21N5O/c1-3-4-12-26-20-16(13-15-9-7-8-14(2)18(15)23-20)19(25-26)24-21(27)17-10-5-6-11-22-17/h5-11,13H,3-4,12H2,1-2H3,(H,24,25,27). The Labute approximate surface area is 157 Å². The van der Waals surface area contributed by atoms with E-state index in [2.05, 4.69) is 35.3 Å². The first-order valence-corrected chi connectivity index (χ1v) is 9.16. The van der Waals surface area contributed by atoms with Gasteiger partial charge in [-0.25, -0.2) is 9.67 Å². The topological polar surface area (TPSA) is 72.7 Å². The number of anilines is 1. The van der Waals surface area contributed by atoms with Crippen LogP contribution in [0.2, 0.25) is 0 Å². The normalized spacial score (nSPS) is 11.2. The average Bonchev–Trinajstić information content (AvgIpc) is 3.02. The number of carbonyl (C=O) groups excluding carboxylic acids is 1. The fraction of sp³-hybridized carbons (Fsp3) is 0.238. The molecule has 6 nitrogen and oxygen atoms in total. The third kappa shape index (κ3) is 3.26. The highest BCUT2D eigenvalue weighted by Gasteiger charge is 2.17. The van der Waals surface area contributed by atoms with Gasteiger partial charge in [0.25, 0.3) is 5.91 Å². The molecule has 0 unspecified atom stereocenters. The van der Waals surface area contributed by atoms with E-state index in [1.165, 1.54) is 0 Å². The Balaban J connectivity index is 1.83. The van der Waals surface area contributed by atoms with Gasteiger partial charge in [-0.15, -0.1) is 0 Å². The van der Waals surface area contributed by atoms with E-state index in [-0.39, 0.29) is 5.91 Å². The maximum Gasteiger partial charge on any atom is 0.275 e. The number of hydrogen-bond donors (Lipinski definition) is 1. The summed E-state index contributed by atoms with van der Waals surface area (Å²) in [5, 5.41) is 9.42. The van der Waals surface area contributed by atoms with Crippen molar-refractivity contribution in [2.75, 3.05) is 5.32 Å². The summed E-state index contributed by atoms with van der Waals surface area (Å²) in [5.41, 5.74) is 3.24. The second-order valence-corrected chi connectivity index (χ2v) is 6.60. The SMILES string of the molecule is CCCCn1nc(NC(=O)c2ccccn2)c2cc3cccc(C)c3nc21. The number of rotatable bonds is 5. The van der Waals surface area contributed by atoms with Crippen LogP contribution in [0.3, 0.4) is 0 Å². The average molecular weight is 359 g/mol. The lowest BCUT2D eigenvalue weighted by Gasteiger charge is -2.04. The van der Waals surface area contributed by atoms with Crippen LogP contribution >= 0.6 is 0 Å². The Bertz CT molecular complexity index is 1120. The molecule has 0 spiro atoms. The van der Waals surface area contributed by atoms with Crippen LogP contribution in [-0.2, 0) is 6.54 Å². The van der Waals surface area contributed by atoms with Crippen molar-refractivity contribution in [3.63, 3.8) is 0 Å². The molecule has 0 aliphatic heterocycles. The zero-order valence-corrected chi connectivity index (χ0v) is 15.4. The summed E-state index contributed by atoms with van der Waals surface area (Å²) in [6.07, 6.45) is 3.66. The van der Waals surface area contributed by atoms with Crippen LogP contribution in [0.4, 0.5) is 5.82 Å². The molecular weight excluding hydrogens is 338 g/mol. The molecule has 3 heterocycles. The smallest absolute Gasteiger partial charge is 0.275 e. The molecule has 3 aromatic heterocycles. The first-order valence-electron chi connectivity index (χ1n) is 9.16. The molecular formula is C21H21N5O. The van der Waals surface area contributed by atoms with Gasteiger partial charge < -0.3 is 5.32 Å². The third-order valence-corrected chi connectivity index (χ3v) is 4.60. The van der Waals surface area contributed by atoms with Gasteiger partial charge in [-0.05, 0) is 37.1 Å². The highest BCUT2D eigenvalue weighted by atomic mass is 16.2. The van der Waals surface area contributed by atoms with Gasteiger partial charge >= 0.3 is 0 Å². The molecule has 4 rings (SSSR count). The van der Waals surface area contributed by atoms with Crippen molar-refractivity contribution in [3.05, 3.63) is 59.9 Å². The number of aromatic nitrogens is 4. The Morgan fingerprint density at radius 2 is 2.07 bits per heavy atom. The number of fused-ring (bicyclic) bond motifs is 2. The van der Waals surface area contributed by atoms with Crippen molar-refractivity contribution < 1.29 is 4.79 Å². The van der Waals surface area contributed by atoms with E-state index >= 15 is 0 Å². The molecule has 1 aromatic carbocycles. The fourth-order valence-electron chi connectivity index (χ4n) is 3.15. The second kappa shape index (κ2) is 7.15. The highest BCUT2D eigenvalue weighted by Crippen LogP contribution is 2.27. The molecule has 0 saturated carbocycles. The predicted octanol–water partition coefficient (Wildman–Crippen LogP) is 4.34. The van der Waals surface area contributed by atoms with Crippen LogP contribution in [-0.4, -0.2) is 25.7 Å². The largest absolute Gasteiger partial charge is 0.303 e. The third-order valence-electron chi connectivity index (χ3n) is 4.60. The van der Waals surface area contributed by atoms with Crippen LogP contribution in [0, 0.1) is 6.92 Å². The quantitative estimate of drug-likeness (QED) is 0.575. The molecule has 6 heteroatoms. The fourth-order valence-corrected chi connectivity index (χ4v) is 3.15. The minimum Gasteiger partial charge on any atom is -0.303 e. The van der Waals surface area contributed by atoms with Crippen LogP contribution in [0.15, 0.2) is 48.7 Å². The molecule has 0 aliphatic carbocycles. The number of benzene rings is 1. The van der Waals surface area contributed by atoms with Gasteiger partial charge in [-0.1, -0.05) is 37.6 Å². The van der Waals surface area contributed by atoms with Crippen LogP contribution in [0.1, 0.15) is 35.8 Å². The van der Waals surface area contributed by atoms with Gasteiger partial charge in [0, 0.05) is 18.1 Å². The van der Waals surface area contributed by atoms with E-state index in [0.29, 0.717) is 11.5 Å². The number of hydrogen-bond acceptors (Lipinski definition) is 4. The van der Waals surface area contributed by atoms with Gasteiger partial charge in [0.05, 0.1) is 10.9 Å². The first kappa shape index (κ1) is 17.1. The molecule has 136 valence electrons. The van der Waals surface area contributed by atoms with Crippen LogP contribution in [0.25, 0.3) is 21.9 Å². The molecule has 0 atom stereocenters. The minimum atomic E-state index is -0.276. The van der Waals surface area contributed by atoms with Gasteiger partial charge in [-0.3, -0.25) is 9.78 Å². The van der Waals surface area contributed by atoms with Gasteiger partial charge in [-0.2, -0.15) is 5.10 Å². The number of unbranched alkanes of at least 4 members (excludes halogenated alkanes) is 1. The molecule has 0 radical (unpaired) electrons. The molecule has 0 saturated heterocycles. The molecule has 0 fully saturated rings. The van der Waals surface area contributed by atoms with Gasteiger partial charge in [0.2, 0.25) is 0 Å². The van der Waals surface area contributed by atoms with Gasteiger partial charge in [0.15, 0.2) is 11.5 Å². The number of pyridine rings is 2. The van der Waals surface area contributed by atoms with Crippen molar-refractivity contribution in [3.8, 4) is 0 Å². The summed E-state index contributed by atoms with van der Waals surface area (Å²) in [7, 11) is 0. The van der Waals surface area contributed by atoms with Gasteiger partial charge in [0.1, 0.15) is 5.69 Å². The number of carbonyl (C=O) groups is 1. The summed E-state index contributed by atoms with van der Waals surface area (Å²) in [5.74, 6) is 0.245. The molecule has 27 heavy (non-hydrogen) atoms. The molecule has 1 N–H and O–H groups in total. The number of amides is 1. The van der Waals surface area contributed by atoms with Crippen molar-refractivity contribution in [1.82, 2.24) is 19.7 Å². The van der Waals surface area contributed by atoms with E-state index in [1.54, 1.807) is 24.4 Å². The summed E-state index contributed by atoms with van der Waals surface area (Å²) in [6, 6.07) is 13.4. The predicted molar refractivity (Wildman–Crippen MR) is 107 cm³/mol. The monoisotopic (exact) mass is 359 g/mol.